The van der Waals surface area contributed by atoms with Crippen molar-refractivity contribution in [3.8, 4) is 6.07 Å². The molecule has 0 N–H and O–H groups in total. The van der Waals surface area contributed by atoms with E-state index in [1.165, 1.54) is 0 Å². The van der Waals surface area contributed by atoms with Crippen LogP contribution in [0.25, 0.3) is 0 Å². The molecule has 0 atom stereocenters. The molecule has 6 heteroatoms. The lowest BCUT2D eigenvalue weighted by Gasteiger charge is -2.16. The van der Waals surface area contributed by atoms with Gasteiger partial charge < -0.3 is 9.05 Å². The molecular formula is C12H15N2O2PS. The van der Waals surface area contributed by atoms with Crippen LogP contribution in [0.15, 0.2) is 35.1 Å². The van der Waals surface area contributed by atoms with Gasteiger partial charge in [-0.1, -0.05) is 30.3 Å². The Kier molecular flexibility index (Phi) is 6.17. The second kappa shape index (κ2) is 7.40. The van der Waals surface area contributed by atoms with Crippen molar-refractivity contribution >= 4 is 24.2 Å². The minimum Gasteiger partial charge on any atom is -0.313 e. The standard InChI is InChI=1S/C12H15N2O2PS/c1-3-15-17(18,16-4-2)14-12(10-13)11-8-6-5-7-9-11/h5-9H,3-4H2,1-2H3. The van der Waals surface area contributed by atoms with Gasteiger partial charge in [0.15, 0.2) is 5.71 Å². The minimum absolute atomic E-state index is 0.251. The molecule has 0 unspecified atom stereocenters. The number of rotatable bonds is 6. The van der Waals surface area contributed by atoms with E-state index in [9.17, 15) is 0 Å². The summed E-state index contributed by atoms with van der Waals surface area (Å²) < 4.78 is 15.0. The first-order valence-corrected chi connectivity index (χ1v) is 8.19. The van der Waals surface area contributed by atoms with Gasteiger partial charge in [0.2, 0.25) is 0 Å². The molecule has 1 rings (SSSR count). The van der Waals surface area contributed by atoms with Crippen molar-refractivity contribution in [3.05, 3.63) is 35.9 Å². The second-order valence-corrected chi connectivity index (χ2v) is 6.27. The van der Waals surface area contributed by atoms with E-state index in [2.05, 4.69) is 4.76 Å². The molecule has 1 aromatic carbocycles. The van der Waals surface area contributed by atoms with Crippen LogP contribution in [0.3, 0.4) is 0 Å². The fraction of sp³-hybridized carbons (Fsp3) is 0.333. The van der Waals surface area contributed by atoms with Crippen molar-refractivity contribution in [1.29, 1.82) is 5.26 Å². The monoisotopic (exact) mass is 282 g/mol. The van der Waals surface area contributed by atoms with E-state index < -0.39 is 6.64 Å². The Morgan fingerprint density at radius 2 is 1.83 bits per heavy atom. The maximum absolute atomic E-state index is 9.16. The Hall–Kier alpha value is -1.05. The molecule has 0 amide bonds. The van der Waals surface area contributed by atoms with Crippen LogP contribution < -0.4 is 0 Å². The van der Waals surface area contributed by atoms with Gasteiger partial charge in [0.05, 0.1) is 13.2 Å². The summed E-state index contributed by atoms with van der Waals surface area (Å²) in [5.74, 6) is 0. The summed E-state index contributed by atoms with van der Waals surface area (Å²) in [5.41, 5.74) is 0.967. The summed E-state index contributed by atoms with van der Waals surface area (Å²) in [6.45, 7) is 1.71. The fourth-order valence-corrected chi connectivity index (χ4v) is 3.41. The average molecular weight is 282 g/mol. The second-order valence-electron chi connectivity index (χ2n) is 3.23. The van der Waals surface area contributed by atoms with Gasteiger partial charge in [-0.15, -0.1) is 0 Å². The zero-order valence-electron chi connectivity index (χ0n) is 10.4. The summed E-state index contributed by atoms with van der Waals surface area (Å²) in [4.78, 5) is 0. The topological polar surface area (TPSA) is 54.6 Å². The molecule has 0 bridgehead atoms. The van der Waals surface area contributed by atoms with E-state index in [0.29, 0.717) is 18.8 Å². The lowest BCUT2D eigenvalue weighted by atomic mass is 10.1. The van der Waals surface area contributed by atoms with Crippen molar-refractivity contribution in [2.45, 2.75) is 13.8 Å². The zero-order valence-corrected chi connectivity index (χ0v) is 12.1. The van der Waals surface area contributed by atoms with Crippen molar-refractivity contribution < 1.29 is 9.05 Å². The Morgan fingerprint density at radius 3 is 2.28 bits per heavy atom. The van der Waals surface area contributed by atoms with Crippen LogP contribution in [0.1, 0.15) is 19.4 Å². The van der Waals surface area contributed by atoms with Crippen LogP contribution in [-0.2, 0) is 20.9 Å². The first-order chi connectivity index (χ1) is 8.65. The van der Waals surface area contributed by atoms with Crippen molar-refractivity contribution in [2.75, 3.05) is 13.2 Å². The predicted octanol–water partition coefficient (Wildman–Crippen LogP) is 3.30. The summed E-state index contributed by atoms with van der Waals surface area (Å²) >= 11 is 5.27. The summed E-state index contributed by atoms with van der Waals surface area (Å²) in [7, 11) is 0. The highest BCUT2D eigenvalue weighted by Gasteiger charge is 2.18. The van der Waals surface area contributed by atoms with E-state index in [0.717, 1.165) is 0 Å². The van der Waals surface area contributed by atoms with E-state index in [4.69, 9.17) is 26.1 Å². The Labute approximate surface area is 112 Å². The van der Waals surface area contributed by atoms with Gasteiger partial charge >= 0.3 is 6.64 Å². The molecular weight excluding hydrogens is 267 g/mol. The molecule has 96 valence electrons. The van der Waals surface area contributed by atoms with E-state index in [1.807, 2.05) is 38.1 Å². The van der Waals surface area contributed by atoms with E-state index in [1.54, 1.807) is 12.1 Å². The largest absolute Gasteiger partial charge is 0.313 e. The van der Waals surface area contributed by atoms with Crippen molar-refractivity contribution in [1.82, 2.24) is 0 Å². The molecule has 0 aliphatic rings. The number of hydrogen-bond acceptors (Lipinski definition) is 4. The smallest absolute Gasteiger partial charge is 0.310 e. The van der Waals surface area contributed by atoms with Crippen LogP contribution in [0.4, 0.5) is 0 Å². The van der Waals surface area contributed by atoms with E-state index in [-0.39, 0.29) is 5.71 Å². The maximum Gasteiger partial charge on any atom is 0.310 e. The predicted molar refractivity (Wildman–Crippen MR) is 76.1 cm³/mol. The molecule has 0 saturated heterocycles. The Balaban J connectivity index is 3.10. The molecule has 0 fully saturated rings. The maximum atomic E-state index is 9.16. The van der Waals surface area contributed by atoms with Crippen LogP contribution in [0.5, 0.6) is 0 Å². The van der Waals surface area contributed by atoms with Crippen molar-refractivity contribution in [2.24, 2.45) is 4.76 Å². The number of nitriles is 1. The van der Waals surface area contributed by atoms with Gasteiger partial charge in [-0.25, -0.2) is 0 Å². The fourth-order valence-electron chi connectivity index (χ4n) is 1.28. The van der Waals surface area contributed by atoms with Gasteiger partial charge in [0, 0.05) is 5.56 Å². The average Bonchev–Trinajstić information content (AvgIpc) is 2.38. The molecule has 0 aromatic heterocycles. The van der Waals surface area contributed by atoms with Crippen LogP contribution in [0.2, 0.25) is 0 Å². The number of benzene rings is 1. The molecule has 4 nitrogen and oxygen atoms in total. The minimum atomic E-state index is -2.76. The highest BCUT2D eigenvalue weighted by atomic mass is 32.5. The van der Waals surface area contributed by atoms with Gasteiger partial charge in [0.25, 0.3) is 0 Å². The zero-order chi connectivity index (χ0) is 13.4. The van der Waals surface area contributed by atoms with Crippen LogP contribution in [0, 0.1) is 11.3 Å². The lowest BCUT2D eigenvalue weighted by molar-refractivity contribution is 0.267. The normalized spacial score (nSPS) is 12.2. The third-order valence-electron chi connectivity index (χ3n) is 1.96. The highest BCUT2D eigenvalue weighted by molar-refractivity contribution is 8.09. The van der Waals surface area contributed by atoms with Gasteiger partial charge in [0.1, 0.15) is 6.07 Å². The van der Waals surface area contributed by atoms with Gasteiger partial charge in [-0.3, -0.25) is 0 Å². The lowest BCUT2D eigenvalue weighted by Crippen LogP contribution is -2.00. The molecule has 0 saturated carbocycles. The Morgan fingerprint density at radius 1 is 1.28 bits per heavy atom. The molecule has 0 spiro atoms. The van der Waals surface area contributed by atoms with Gasteiger partial charge in [-0.2, -0.15) is 10.0 Å². The third kappa shape index (κ3) is 4.32. The highest BCUT2D eigenvalue weighted by Crippen LogP contribution is 2.50. The number of hydrogen-bond donors (Lipinski definition) is 0. The molecule has 0 aliphatic heterocycles. The Bertz CT molecular complexity index is 487. The molecule has 0 heterocycles. The molecule has 0 radical (unpaired) electrons. The van der Waals surface area contributed by atoms with Gasteiger partial charge in [-0.05, 0) is 25.7 Å². The van der Waals surface area contributed by atoms with Crippen LogP contribution >= 0.6 is 6.64 Å². The summed E-state index contributed by atoms with van der Waals surface area (Å²) in [6.07, 6.45) is 0. The molecule has 18 heavy (non-hydrogen) atoms. The van der Waals surface area contributed by atoms with E-state index >= 15 is 0 Å². The first kappa shape index (κ1) is 15.0. The summed E-state index contributed by atoms with van der Waals surface area (Å²) in [6, 6.07) is 11.2. The quantitative estimate of drug-likeness (QED) is 0.593. The molecule has 0 aliphatic carbocycles. The molecule has 1 aromatic rings. The van der Waals surface area contributed by atoms with Crippen molar-refractivity contribution in [3.63, 3.8) is 0 Å². The SMILES string of the molecule is CCOP(=S)(N=C(C#N)c1ccccc1)OCC. The first-order valence-electron chi connectivity index (χ1n) is 5.60. The third-order valence-corrected chi connectivity index (χ3v) is 4.45. The van der Waals surface area contributed by atoms with Crippen LogP contribution in [-0.4, -0.2) is 18.9 Å². The summed E-state index contributed by atoms with van der Waals surface area (Å²) in [5, 5.41) is 9.16. The number of nitrogens with zero attached hydrogens (tertiary/aromatic N) is 2.